The first kappa shape index (κ1) is 22.3. The molecule has 1 saturated heterocycles. The lowest BCUT2D eigenvalue weighted by Gasteiger charge is -2.34. The average molecular weight is 451 g/mol. The van der Waals surface area contributed by atoms with Crippen LogP contribution in [0.15, 0.2) is 53.9 Å². The number of hydrogen-bond acceptors (Lipinski definition) is 4. The van der Waals surface area contributed by atoms with Gasteiger partial charge in [-0.2, -0.15) is 0 Å². The van der Waals surface area contributed by atoms with E-state index in [9.17, 15) is 9.59 Å². The average Bonchev–Trinajstić information content (AvgIpc) is 3.37. The lowest BCUT2D eigenvalue weighted by molar-refractivity contribution is -0.136. The zero-order valence-corrected chi connectivity index (χ0v) is 19.6. The van der Waals surface area contributed by atoms with Crippen LogP contribution < -0.4 is 4.74 Å². The molecule has 1 aliphatic heterocycles. The standard InChI is InChI=1S/C26H30N2O3S/c1-3-15-31-23-13-12-19-8-4-5-10-21(19)22(23)18-27(2)25(29)20-9-6-14-28(17-20)26(30)24-11-7-16-32-24/h4-5,7-8,10-13,16,20H,3,6,9,14-15,17-18H2,1-2H3. The van der Waals surface area contributed by atoms with E-state index in [1.165, 1.54) is 11.3 Å². The minimum atomic E-state index is -0.173. The van der Waals surface area contributed by atoms with Crippen LogP contribution in [0.4, 0.5) is 0 Å². The third-order valence-electron chi connectivity index (χ3n) is 6.02. The van der Waals surface area contributed by atoms with E-state index in [0.29, 0.717) is 26.2 Å². The van der Waals surface area contributed by atoms with Gasteiger partial charge in [-0.05, 0) is 47.5 Å². The predicted molar refractivity (Wildman–Crippen MR) is 129 cm³/mol. The summed E-state index contributed by atoms with van der Waals surface area (Å²) in [6.45, 7) is 4.40. The molecule has 1 unspecified atom stereocenters. The number of thiophene rings is 1. The zero-order chi connectivity index (χ0) is 22.5. The highest BCUT2D eigenvalue weighted by Gasteiger charge is 2.31. The number of carbonyl (C=O) groups excluding carboxylic acids is 2. The van der Waals surface area contributed by atoms with E-state index in [-0.39, 0.29) is 17.7 Å². The van der Waals surface area contributed by atoms with E-state index in [4.69, 9.17) is 4.74 Å². The Kier molecular flexibility index (Phi) is 7.10. The van der Waals surface area contributed by atoms with Crippen molar-refractivity contribution in [3.8, 4) is 5.75 Å². The maximum Gasteiger partial charge on any atom is 0.263 e. The largest absolute Gasteiger partial charge is 0.493 e. The highest BCUT2D eigenvalue weighted by atomic mass is 32.1. The molecule has 0 saturated carbocycles. The number of nitrogens with zero attached hydrogens (tertiary/aromatic N) is 2. The molecule has 5 nitrogen and oxygen atoms in total. The van der Waals surface area contributed by atoms with Gasteiger partial charge in [0, 0.05) is 32.2 Å². The third-order valence-corrected chi connectivity index (χ3v) is 6.88. The molecule has 2 heterocycles. The van der Waals surface area contributed by atoms with Crippen LogP contribution in [0, 0.1) is 5.92 Å². The summed E-state index contributed by atoms with van der Waals surface area (Å²) in [5.41, 5.74) is 1.04. The first-order chi connectivity index (χ1) is 15.6. The van der Waals surface area contributed by atoms with E-state index in [2.05, 4.69) is 25.1 Å². The first-order valence-electron chi connectivity index (χ1n) is 11.3. The molecular formula is C26H30N2O3S. The van der Waals surface area contributed by atoms with Crippen molar-refractivity contribution < 1.29 is 14.3 Å². The molecule has 6 heteroatoms. The molecule has 1 fully saturated rings. The van der Waals surface area contributed by atoms with Gasteiger partial charge < -0.3 is 14.5 Å². The van der Waals surface area contributed by atoms with Crippen LogP contribution in [-0.4, -0.2) is 48.4 Å². The third kappa shape index (κ3) is 4.80. The van der Waals surface area contributed by atoms with Crippen molar-refractivity contribution >= 4 is 33.9 Å². The number of piperidine rings is 1. The first-order valence-corrected chi connectivity index (χ1v) is 12.2. The van der Waals surface area contributed by atoms with Gasteiger partial charge in [0.15, 0.2) is 0 Å². The molecular weight excluding hydrogens is 420 g/mol. The topological polar surface area (TPSA) is 49.9 Å². The number of likely N-dealkylation sites (tertiary alicyclic amines) is 1. The van der Waals surface area contributed by atoms with E-state index in [1.54, 1.807) is 4.90 Å². The lowest BCUT2D eigenvalue weighted by Crippen LogP contribution is -2.45. The Morgan fingerprint density at radius 1 is 1.16 bits per heavy atom. The number of ether oxygens (including phenoxy) is 1. The van der Waals surface area contributed by atoms with Crippen LogP contribution in [0.2, 0.25) is 0 Å². The summed E-state index contributed by atoms with van der Waals surface area (Å²) in [6, 6.07) is 16.0. The SMILES string of the molecule is CCCOc1ccc2ccccc2c1CN(C)C(=O)C1CCCN(C(=O)c2cccs2)C1. The van der Waals surface area contributed by atoms with E-state index >= 15 is 0 Å². The van der Waals surface area contributed by atoms with Crippen molar-refractivity contribution in [2.45, 2.75) is 32.7 Å². The second-order valence-corrected chi connectivity index (χ2v) is 9.32. The van der Waals surface area contributed by atoms with Gasteiger partial charge in [-0.1, -0.05) is 43.3 Å². The molecule has 0 radical (unpaired) electrons. The van der Waals surface area contributed by atoms with Crippen LogP contribution in [0.5, 0.6) is 5.75 Å². The molecule has 1 aliphatic rings. The summed E-state index contributed by atoms with van der Waals surface area (Å²) in [5.74, 6) is 0.781. The van der Waals surface area contributed by atoms with Crippen molar-refractivity contribution in [3.63, 3.8) is 0 Å². The highest BCUT2D eigenvalue weighted by Crippen LogP contribution is 2.30. The Morgan fingerprint density at radius 3 is 2.78 bits per heavy atom. The van der Waals surface area contributed by atoms with Crippen LogP contribution in [0.3, 0.4) is 0 Å². The Hall–Kier alpha value is -2.86. The number of benzene rings is 2. The Bertz CT molecular complexity index is 1080. The molecule has 0 spiro atoms. The number of carbonyl (C=O) groups is 2. The van der Waals surface area contributed by atoms with Gasteiger partial charge in [-0.25, -0.2) is 0 Å². The molecule has 1 aromatic heterocycles. The molecule has 3 aromatic rings. The van der Waals surface area contributed by atoms with Gasteiger partial charge in [-0.15, -0.1) is 11.3 Å². The fourth-order valence-electron chi connectivity index (χ4n) is 4.37. The predicted octanol–water partition coefficient (Wildman–Crippen LogP) is 5.20. The van der Waals surface area contributed by atoms with Gasteiger partial charge in [0.2, 0.25) is 5.91 Å². The van der Waals surface area contributed by atoms with E-state index in [1.807, 2.05) is 47.7 Å². The lowest BCUT2D eigenvalue weighted by atomic mass is 9.95. The number of amides is 2. The van der Waals surface area contributed by atoms with Crippen LogP contribution >= 0.6 is 11.3 Å². The molecule has 1 atom stereocenters. The quantitative estimate of drug-likeness (QED) is 0.497. The molecule has 0 aliphatic carbocycles. The fraction of sp³-hybridized carbons (Fsp3) is 0.385. The second kappa shape index (κ2) is 10.2. The van der Waals surface area contributed by atoms with Gasteiger partial charge in [0.05, 0.1) is 17.4 Å². The van der Waals surface area contributed by atoms with Crippen molar-refractivity contribution in [1.82, 2.24) is 9.80 Å². The van der Waals surface area contributed by atoms with Crippen molar-refractivity contribution in [2.75, 3.05) is 26.7 Å². The minimum absolute atomic E-state index is 0.0319. The smallest absolute Gasteiger partial charge is 0.263 e. The fourth-order valence-corrected chi connectivity index (χ4v) is 5.06. The van der Waals surface area contributed by atoms with E-state index < -0.39 is 0 Å². The minimum Gasteiger partial charge on any atom is -0.493 e. The van der Waals surface area contributed by atoms with Crippen LogP contribution in [-0.2, 0) is 11.3 Å². The number of hydrogen-bond donors (Lipinski definition) is 0. The molecule has 2 aromatic carbocycles. The maximum absolute atomic E-state index is 13.4. The number of rotatable bonds is 7. The summed E-state index contributed by atoms with van der Waals surface area (Å²) < 4.78 is 6.02. The Morgan fingerprint density at radius 2 is 2.00 bits per heavy atom. The van der Waals surface area contributed by atoms with Crippen LogP contribution in [0.25, 0.3) is 10.8 Å². The molecule has 0 bridgehead atoms. The van der Waals surface area contributed by atoms with Gasteiger partial charge >= 0.3 is 0 Å². The monoisotopic (exact) mass is 450 g/mol. The second-order valence-electron chi connectivity index (χ2n) is 8.37. The summed E-state index contributed by atoms with van der Waals surface area (Å²) in [4.78, 5) is 30.5. The molecule has 32 heavy (non-hydrogen) atoms. The molecule has 168 valence electrons. The maximum atomic E-state index is 13.4. The Balaban J connectivity index is 1.51. The van der Waals surface area contributed by atoms with Crippen molar-refractivity contribution in [3.05, 3.63) is 64.4 Å². The van der Waals surface area contributed by atoms with Gasteiger partial charge in [-0.3, -0.25) is 9.59 Å². The summed E-state index contributed by atoms with van der Waals surface area (Å²) >= 11 is 1.45. The van der Waals surface area contributed by atoms with Crippen LogP contribution in [0.1, 0.15) is 41.4 Å². The Labute approximate surface area is 193 Å². The van der Waals surface area contributed by atoms with Gasteiger partial charge in [0.1, 0.15) is 5.75 Å². The van der Waals surface area contributed by atoms with Gasteiger partial charge in [0.25, 0.3) is 5.91 Å². The highest BCUT2D eigenvalue weighted by molar-refractivity contribution is 7.12. The normalized spacial score (nSPS) is 16.2. The van der Waals surface area contributed by atoms with Crippen molar-refractivity contribution in [2.24, 2.45) is 5.92 Å². The van der Waals surface area contributed by atoms with Crippen molar-refractivity contribution in [1.29, 1.82) is 0 Å². The summed E-state index contributed by atoms with van der Waals surface area (Å²) in [5, 5.41) is 4.16. The molecule has 0 N–H and O–H groups in total. The summed E-state index contributed by atoms with van der Waals surface area (Å²) in [7, 11) is 1.85. The zero-order valence-electron chi connectivity index (χ0n) is 18.8. The molecule has 2 amide bonds. The number of fused-ring (bicyclic) bond motifs is 1. The molecule has 4 rings (SSSR count). The summed E-state index contributed by atoms with van der Waals surface area (Å²) in [6.07, 6.45) is 2.59. The van der Waals surface area contributed by atoms with E-state index in [0.717, 1.165) is 46.2 Å².